The van der Waals surface area contributed by atoms with E-state index in [2.05, 4.69) is 45.9 Å². The van der Waals surface area contributed by atoms with Crippen molar-refractivity contribution in [1.29, 1.82) is 0 Å². The van der Waals surface area contributed by atoms with E-state index < -0.39 is 10.8 Å². The molecule has 0 aromatic rings. The number of rotatable bonds is 3. The van der Waals surface area contributed by atoms with Gasteiger partial charge in [-0.1, -0.05) is 51.0 Å². The SMILES string of the molecule is COC(=O)C1(C)CCC2(C3=CCC(C(C)C)C32)C2C(C)CC34C=CC3CCCC4C21C(=O)OC. The zero-order valence-electron chi connectivity index (χ0n) is 21.9. The largest absolute Gasteiger partial charge is 0.469 e. The lowest BCUT2D eigenvalue weighted by molar-refractivity contribution is -0.247. The molecule has 0 aromatic carbocycles. The molecular formula is C30H42O4. The Kier molecular flexibility index (Phi) is 4.71. The molecule has 6 aliphatic rings. The van der Waals surface area contributed by atoms with Crippen LogP contribution in [-0.2, 0) is 19.1 Å². The standard InChI is InChI=1S/C30H42O4/c1-17(2)20-10-11-21-23(20)29(21)15-14-27(4,25(31)33-5)30(26(32)34-6)22-9-7-8-19-12-13-28(19,22)16-18(3)24(29)30/h11-13,17-20,22-24H,7-10,14-16H2,1-6H3. The first kappa shape index (κ1) is 22.9. The summed E-state index contributed by atoms with van der Waals surface area (Å²) < 4.78 is 11.3. The third-order valence-corrected chi connectivity index (χ3v) is 12.2. The number of fused-ring (bicyclic) bond motifs is 6. The topological polar surface area (TPSA) is 52.6 Å². The first-order valence-corrected chi connectivity index (χ1v) is 13.7. The zero-order chi connectivity index (χ0) is 24.3. The molecule has 4 fully saturated rings. The Balaban J connectivity index is 1.61. The summed E-state index contributed by atoms with van der Waals surface area (Å²) in [4.78, 5) is 28.2. The van der Waals surface area contributed by atoms with Crippen LogP contribution < -0.4 is 0 Å². The molecule has 0 aromatic heterocycles. The van der Waals surface area contributed by atoms with Crippen molar-refractivity contribution >= 4 is 11.9 Å². The first-order chi connectivity index (χ1) is 16.2. The highest BCUT2D eigenvalue weighted by Crippen LogP contribution is 2.85. The molecular weight excluding hydrogens is 424 g/mol. The number of hydrogen-bond donors (Lipinski definition) is 0. The van der Waals surface area contributed by atoms with E-state index in [9.17, 15) is 9.59 Å². The van der Waals surface area contributed by atoms with Gasteiger partial charge in [-0.15, -0.1) is 0 Å². The van der Waals surface area contributed by atoms with Gasteiger partial charge in [0.2, 0.25) is 0 Å². The summed E-state index contributed by atoms with van der Waals surface area (Å²) in [5, 5.41) is 0. The molecule has 4 heteroatoms. The van der Waals surface area contributed by atoms with Crippen LogP contribution in [0, 0.1) is 63.1 Å². The lowest BCUT2D eigenvalue weighted by Gasteiger charge is -2.71. The Morgan fingerprint density at radius 2 is 1.82 bits per heavy atom. The third-order valence-electron chi connectivity index (χ3n) is 12.2. The summed E-state index contributed by atoms with van der Waals surface area (Å²) in [7, 11) is 3.04. The normalized spacial score (nSPS) is 52.0. The van der Waals surface area contributed by atoms with E-state index in [1.807, 2.05) is 0 Å². The average Bonchev–Trinajstić information content (AvgIpc) is 3.17. The Labute approximate surface area is 204 Å². The van der Waals surface area contributed by atoms with Crippen molar-refractivity contribution in [2.24, 2.45) is 63.1 Å². The fourth-order valence-corrected chi connectivity index (χ4v) is 11.1. The fourth-order valence-electron chi connectivity index (χ4n) is 11.1. The second-order valence-corrected chi connectivity index (χ2v) is 13.2. The van der Waals surface area contributed by atoms with Crippen LogP contribution in [0.5, 0.6) is 0 Å². The van der Waals surface area contributed by atoms with Crippen LogP contribution in [0.25, 0.3) is 0 Å². The lowest BCUT2D eigenvalue weighted by atomic mass is 9.31. The van der Waals surface area contributed by atoms with Crippen LogP contribution in [-0.4, -0.2) is 26.2 Å². The van der Waals surface area contributed by atoms with Gasteiger partial charge < -0.3 is 9.47 Å². The summed E-state index contributed by atoms with van der Waals surface area (Å²) in [6, 6.07) is 0. The molecule has 0 amide bonds. The third kappa shape index (κ3) is 2.24. The zero-order valence-corrected chi connectivity index (χ0v) is 21.9. The van der Waals surface area contributed by atoms with Gasteiger partial charge >= 0.3 is 11.9 Å². The molecule has 10 atom stereocenters. The van der Waals surface area contributed by atoms with Crippen LogP contribution in [0.1, 0.15) is 72.6 Å². The summed E-state index contributed by atoms with van der Waals surface area (Å²) in [5.74, 6) is 2.63. The van der Waals surface area contributed by atoms with Gasteiger partial charge in [-0.05, 0) is 92.3 Å². The Morgan fingerprint density at radius 3 is 2.44 bits per heavy atom. The van der Waals surface area contributed by atoms with Gasteiger partial charge in [0.15, 0.2) is 0 Å². The highest BCUT2D eigenvalue weighted by molar-refractivity contribution is 5.90. The van der Waals surface area contributed by atoms with Crippen LogP contribution in [0.3, 0.4) is 0 Å². The molecule has 2 spiro atoms. The van der Waals surface area contributed by atoms with Crippen LogP contribution in [0.15, 0.2) is 23.8 Å². The summed E-state index contributed by atoms with van der Waals surface area (Å²) >= 11 is 0. The fraction of sp³-hybridized carbons (Fsp3) is 0.800. The minimum atomic E-state index is -0.868. The van der Waals surface area contributed by atoms with Crippen molar-refractivity contribution < 1.29 is 19.1 Å². The molecule has 4 nitrogen and oxygen atoms in total. The van der Waals surface area contributed by atoms with Crippen molar-refractivity contribution in [2.45, 2.75) is 72.6 Å². The molecule has 6 rings (SSSR count). The van der Waals surface area contributed by atoms with E-state index in [-0.39, 0.29) is 34.6 Å². The maximum Gasteiger partial charge on any atom is 0.313 e. The first-order valence-electron chi connectivity index (χ1n) is 13.7. The van der Waals surface area contributed by atoms with Crippen LogP contribution in [0.4, 0.5) is 0 Å². The minimum absolute atomic E-state index is 0.0198. The molecule has 0 heterocycles. The van der Waals surface area contributed by atoms with E-state index in [4.69, 9.17) is 9.47 Å². The summed E-state index contributed by atoms with van der Waals surface area (Å²) in [5.41, 5.74) is -0.0353. The number of ether oxygens (including phenoxy) is 2. The predicted octanol–water partition coefficient (Wildman–Crippen LogP) is 5.97. The van der Waals surface area contributed by atoms with Crippen molar-refractivity contribution in [3.8, 4) is 0 Å². The van der Waals surface area contributed by atoms with Crippen LogP contribution >= 0.6 is 0 Å². The molecule has 34 heavy (non-hydrogen) atoms. The molecule has 10 unspecified atom stereocenters. The second kappa shape index (κ2) is 7.01. The predicted molar refractivity (Wildman–Crippen MR) is 130 cm³/mol. The van der Waals surface area contributed by atoms with Crippen molar-refractivity contribution in [3.63, 3.8) is 0 Å². The van der Waals surface area contributed by atoms with Gasteiger partial charge in [0, 0.05) is 5.41 Å². The van der Waals surface area contributed by atoms with Crippen LogP contribution in [0.2, 0.25) is 0 Å². The number of esters is 2. The molecule has 0 saturated heterocycles. The number of hydrogen-bond acceptors (Lipinski definition) is 4. The van der Waals surface area contributed by atoms with E-state index in [1.165, 1.54) is 13.5 Å². The summed E-state index contributed by atoms with van der Waals surface area (Å²) in [6.07, 6.45) is 14.6. The van der Waals surface area contributed by atoms with Gasteiger partial charge in [0.05, 0.1) is 25.0 Å². The average molecular weight is 467 g/mol. The Morgan fingerprint density at radius 1 is 1.09 bits per heavy atom. The lowest BCUT2D eigenvalue weighted by Crippen LogP contribution is -2.72. The number of allylic oxidation sites excluding steroid dienone is 4. The van der Waals surface area contributed by atoms with E-state index in [0.29, 0.717) is 36.0 Å². The smallest absolute Gasteiger partial charge is 0.313 e. The maximum atomic E-state index is 14.4. The van der Waals surface area contributed by atoms with Gasteiger partial charge in [0.25, 0.3) is 0 Å². The highest BCUT2D eigenvalue weighted by Gasteiger charge is 2.84. The molecule has 0 N–H and O–H groups in total. The van der Waals surface area contributed by atoms with E-state index >= 15 is 0 Å². The number of methoxy groups -OCH3 is 2. The number of carbonyl (C=O) groups excluding carboxylic acids is 2. The van der Waals surface area contributed by atoms with Gasteiger partial charge in [-0.2, -0.15) is 0 Å². The Hall–Kier alpha value is -1.58. The van der Waals surface area contributed by atoms with Gasteiger partial charge in [0.1, 0.15) is 0 Å². The molecule has 6 aliphatic carbocycles. The van der Waals surface area contributed by atoms with Crippen molar-refractivity contribution in [2.75, 3.05) is 14.2 Å². The minimum Gasteiger partial charge on any atom is -0.469 e. The molecule has 186 valence electrons. The number of carbonyl (C=O) groups is 2. The quantitative estimate of drug-likeness (QED) is 0.380. The van der Waals surface area contributed by atoms with Crippen molar-refractivity contribution in [3.05, 3.63) is 23.8 Å². The molecule has 0 aliphatic heterocycles. The monoisotopic (exact) mass is 466 g/mol. The molecule has 0 radical (unpaired) electrons. The van der Waals surface area contributed by atoms with E-state index in [1.54, 1.807) is 12.7 Å². The van der Waals surface area contributed by atoms with Gasteiger partial charge in [-0.25, -0.2) is 0 Å². The summed E-state index contributed by atoms with van der Waals surface area (Å²) in [6.45, 7) is 9.15. The van der Waals surface area contributed by atoms with Gasteiger partial charge in [-0.3, -0.25) is 9.59 Å². The molecule has 4 saturated carbocycles. The second-order valence-electron chi connectivity index (χ2n) is 13.2. The Bertz CT molecular complexity index is 994. The highest BCUT2D eigenvalue weighted by atomic mass is 16.5. The van der Waals surface area contributed by atoms with Crippen molar-refractivity contribution in [1.82, 2.24) is 0 Å². The maximum absolute atomic E-state index is 14.4. The van der Waals surface area contributed by atoms with E-state index in [0.717, 1.165) is 32.1 Å². The molecule has 0 bridgehead atoms.